The molecule has 6 heteroatoms. The highest BCUT2D eigenvalue weighted by atomic mass is 35.5. The molecule has 0 saturated carbocycles. The van der Waals surface area contributed by atoms with Gasteiger partial charge in [0.25, 0.3) is 0 Å². The first kappa shape index (κ1) is 18.0. The van der Waals surface area contributed by atoms with Crippen molar-refractivity contribution in [3.63, 3.8) is 0 Å². The van der Waals surface area contributed by atoms with E-state index in [2.05, 4.69) is 37.2 Å². The van der Waals surface area contributed by atoms with Crippen LogP contribution in [0.25, 0.3) is 10.9 Å². The van der Waals surface area contributed by atoms with E-state index in [0.717, 1.165) is 5.52 Å². The van der Waals surface area contributed by atoms with E-state index in [1.54, 1.807) is 0 Å². The van der Waals surface area contributed by atoms with Crippen molar-refractivity contribution < 1.29 is 14.2 Å². The first-order chi connectivity index (χ1) is 10.6. The van der Waals surface area contributed by atoms with Gasteiger partial charge in [-0.25, -0.2) is 4.98 Å². The molecule has 128 valence electrons. The van der Waals surface area contributed by atoms with Crippen LogP contribution in [-0.2, 0) is 16.0 Å². The average Bonchev–Trinajstić information content (AvgIpc) is 3.09. The van der Waals surface area contributed by atoms with Gasteiger partial charge in [0.15, 0.2) is 6.29 Å². The number of rotatable bonds is 5. The van der Waals surface area contributed by atoms with Crippen LogP contribution >= 0.6 is 12.4 Å². The van der Waals surface area contributed by atoms with Crippen LogP contribution in [0.1, 0.15) is 25.1 Å². The molecule has 1 fully saturated rings. The molecule has 1 aliphatic rings. The van der Waals surface area contributed by atoms with Gasteiger partial charge in [-0.1, -0.05) is 13.8 Å². The lowest BCUT2D eigenvalue weighted by molar-refractivity contribution is -0.0520. The van der Waals surface area contributed by atoms with Crippen molar-refractivity contribution in [3.8, 4) is 5.88 Å². The van der Waals surface area contributed by atoms with Crippen molar-refractivity contribution in [1.82, 2.24) is 9.55 Å². The van der Waals surface area contributed by atoms with Crippen molar-refractivity contribution in [2.24, 2.45) is 5.92 Å². The number of halogens is 1. The van der Waals surface area contributed by atoms with E-state index in [1.807, 2.05) is 12.3 Å². The van der Waals surface area contributed by atoms with Crippen molar-refractivity contribution in [2.45, 2.75) is 40.5 Å². The first-order valence-corrected chi connectivity index (χ1v) is 7.88. The van der Waals surface area contributed by atoms with Crippen LogP contribution in [0.2, 0.25) is 0 Å². The van der Waals surface area contributed by atoms with Crippen LogP contribution in [-0.4, -0.2) is 35.7 Å². The predicted octanol–water partition coefficient (Wildman–Crippen LogP) is 3.48. The highest BCUT2D eigenvalue weighted by Gasteiger charge is 2.22. The van der Waals surface area contributed by atoms with Crippen molar-refractivity contribution >= 4 is 23.3 Å². The third-order valence-corrected chi connectivity index (χ3v) is 4.09. The van der Waals surface area contributed by atoms with E-state index >= 15 is 0 Å². The molecule has 0 spiro atoms. The van der Waals surface area contributed by atoms with Crippen molar-refractivity contribution in [1.29, 1.82) is 0 Å². The Hall–Kier alpha value is -1.30. The summed E-state index contributed by atoms with van der Waals surface area (Å²) in [7, 11) is 0. The van der Waals surface area contributed by atoms with Crippen LogP contribution in [0.4, 0.5) is 0 Å². The molecule has 5 nitrogen and oxygen atoms in total. The summed E-state index contributed by atoms with van der Waals surface area (Å²) in [6.07, 6.45) is 1.63. The number of aryl methyl sites for hydroxylation is 1. The van der Waals surface area contributed by atoms with Gasteiger partial charge in [0.05, 0.1) is 26.4 Å². The molecule has 2 aromatic rings. The topological polar surface area (TPSA) is 45.5 Å². The number of aromatic nitrogens is 2. The van der Waals surface area contributed by atoms with Gasteiger partial charge in [0, 0.05) is 17.3 Å². The van der Waals surface area contributed by atoms with Crippen molar-refractivity contribution in [3.05, 3.63) is 23.5 Å². The van der Waals surface area contributed by atoms with Gasteiger partial charge in [-0.05, 0) is 31.4 Å². The quantitative estimate of drug-likeness (QED) is 0.836. The standard InChI is InChI=1S/C17H24N2O3.ClH/c1-11(2)10-22-17-16-14(5-6-18-17)12(3)13(4)19(16)9-15-20-7-8-21-15;/h5-6,11,15H,7-10H2,1-4H3;1H. The average molecular weight is 341 g/mol. The van der Waals surface area contributed by atoms with E-state index in [9.17, 15) is 0 Å². The summed E-state index contributed by atoms with van der Waals surface area (Å²) in [5, 5.41) is 1.18. The number of fused-ring (bicyclic) bond motifs is 1. The molecule has 0 aliphatic carbocycles. The van der Waals surface area contributed by atoms with Gasteiger partial charge < -0.3 is 18.8 Å². The number of hydrogen-bond acceptors (Lipinski definition) is 4. The van der Waals surface area contributed by atoms with E-state index < -0.39 is 0 Å². The minimum Gasteiger partial charge on any atom is -0.476 e. The lowest BCUT2D eigenvalue weighted by atomic mass is 10.2. The molecule has 0 amide bonds. The second-order valence-electron chi connectivity index (χ2n) is 6.21. The molecule has 0 unspecified atom stereocenters. The molecule has 0 bridgehead atoms. The minimum atomic E-state index is -0.188. The lowest BCUT2D eigenvalue weighted by Crippen LogP contribution is -2.18. The summed E-state index contributed by atoms with van der Waals surface area (Å²) in [5.74, 6) is 1.16. The maximum absolute atomic E-state index is 5.94. The monoisotopic (exact) mass is 340 g/mol. The zero-order valence-corrected chi connectivity index (χ0v) is 15.0. The normalized spacial score (nSPS) is 15.3. The highest BCUT2D eigenvalue weighted by molar-refractivity contribution is 5.88. The summed E-state index contributed by atoms with van der Waals surface area (Å²) in [4.78, 5) is 4.44. The van der Waals surface area contributed by atoms with Crippen LogP contribution < -0.4 is 4.74 Å². The summed E-state index contributed by atoms with van der Waals surface area (Å²) in [5.41, 5.74) is 3.50. The summed E-state index contributed by atoms with van der Waals surface area (Å²) in [6, 6.07) is 2.05. The molecule has 3 rings (SSSR count). The maximum atomic E-state index is 5.94. The van der Waals surface area contributed by atoms with E-state index in [-0.39, 0.29) is 18.7 Å². The van der Waals surface area contributed by atoms with E-state index in [0.29, 0.717) is 38.2 Å². The Kier molecular flexibility index (Phi) is 5.89. The minimum absolute atomic E-state index is 0. The van der Waals surface area contributed by atoms with Crippen molar-refractivity contribution in [2.75, 3.05) is 19.8 Å². The lowest BCUT2D eigenvalue weighted by Gasteiger charge is -2.15. The second kappa shape index (κ2) is 7.51. The fourth-order valence-electron chi connectivity index (χ4n) is 2.80. The van der Waals surface area contributed by atoms with Gasteiger partial charge in [-0.3, -0.25) is 0 Å². The van der Waals surface area contributed by atoms with E-state index in [1.165, 1.54) is 16.6 Å². The zero-order chi connectivity index (χ0) is 15.7. The first-order valence-electron chi connectivity index (χ1n) is 7.88. The molecule has 0 N–H and O–H groups in total. The Morgan fingerprint density at radius 1 is 1.30 bits per heavy atom. The third kappa shape index (κ3) is 3.62. The smallest absolute Gasteiger partial charge is 0.238 e. The molecule has 1 aliphatic heterocycles. The summed E-state index contributed by atoms with van der Waals surface area (Å²) < 4.78 is 19.4. The van der Waals surface area contributed by atoms with Crippen LogP contribution in [0, 0.1) is 19.8 Å². The maximum Gasteiger partial charge on any atom is 0.238 e. The Balaban J connectivity index is 0.00000192. The molecular weight excluding hydrogens is 316 g/mol. The van der Waals surface area contributed by atoms with Gasteiger partial charge in [0.1, 0.15) is 5.52 Å². The number of hydrogen-bond donors (Lipinski definition) is 0. The fourth-order valence-corrected chi connectivity index (χ4v) is 2.80. The molecule has 0 aromatic carbocycles. The van der Waals surface area contributed by atoms with Crippen LogP contribution in [0.15, 0.2) is 12.3 Å². The molecule has 1 saturated heterocycles. The predicted molar refractivity (Wildman–Crippen MR) is 92.5 cm³/mol. The zero-order valence-electron chi connectivity index (χ0n) is 14.2. The SMILES string of the molecule is Cc1c(C)n(CC2OCCO2)c2c(OCC(C)C)nccc12.Cl. The number of nitrogens with zero attached hydrogens (tertiary/aromatic N) is 2. The summed E-state index contributed by atoms with van der Waals surface area (Å²) >= 11 is 0. The van der Waals surface area contributed by atoms with Crippen LogP contribution in [0.3, 0.4) is 0 Å². The third-order valence-electron chi connectivity index (χ3n) is 4.09. The Morgan fingerprint density at radius 2 is 2.00 bits per heavy atom. The molecule has 0 radical (unpaired) electrons. The molecule has 0 atom stereocenters. The number of pyridine rings is 1. The molecule has 2 aromatic heterocycles. The molecule has 3 heterocycles. The van der Waals surface area contributed by atoms with Crippen LogP contribution in [0.5, 0.6) is 5.88 Å². The Morgan fingerprint density at radius 3 is 2.65 bits per heavy atom. The van der Waals surface area contributed by atoms with E-state index in [4.69, 9.17) is 14.2 Å². The van der Waals surface area contributed by atoms with Gasteiger partial charge in [-0.15, -0.1) is 12.4 Å². The largest absolute Gasteiger partial charge is 0.476 e. The second-order valence-corrected chi connectivity index (χ2v) is 6.21. The Bertz CT molecular complexity index is 663. The molecular formula is C17H25ClN2O3. The summed E-state index contributed by atoms with van der Waals surface area (Å²) in [6.45, 7) is 11.2. The fraction of sp³-hybridized carbons (Fsp3) is 0.588. The van der Waals surface area contributed by atoms with Gasteiger partial charge in [0.2, 0.25) is 5.88 Å². The molecule has 23 heavy (non-hydrogen) atoms. The highest BCUT2D eigenvalue weighted by Crippen LogP contribution is 2.31. The van der Waals surface area contributed by atoms with Gasteiger partial charge >= 0.3 is 0 Å². The van der Waals surface area contributed by atoms with Gasteiger partial charge in [-0.2, -0.15) is 0 Å². The Labute approximate surface area is 143 Å². The number of ether oxygens (including phenoxy) is 3.